The number of carbonyl (C=O) groups is 2. The monoisotopic (exact) mass is 519 g/mol. The number of carbonyl (C=O) groups excluding carboxylic acids is 2. The standard InChI is InChI=1S/C28H26FN3O4S/c1-20(2)32(25-13-11-24(29)12-14-25)28(34)26(18-22-9-6-10-23(17-22)19-30)27(33)31-37(35,36)16-15-21-7-4-3-5-8-21/h3-17,20,26H,18H2,1-2H3,(H,31,33)/b16-15+. The van der Waals surface area contributed by atoms with E-state index in [0.29, 0.717) is 22.4 Å². The van der Waals surface area contributed by atoms with Crippen LogP contribution in [0.25, 0.3) is 6.08 Å². The molecule has 7 nitrogen and oxygen atoms in total. The molecule has 0 aliphatic heterocycles. The molecule has 1 atom stereocenters. The lowest BCUT2D eigenvalue weighted by Crippen LogP contribution is -2.48. The van der Waals surface area contributed by atoms with Crippen LogP contribution in [0.3, 0.4) is 0 Å². The summed E-state index contributed by atoms with van der Waals surface area (Å²) in [4.78, 5) is 28.3. The van der Waals surface area contributed by atoms with Gasteiger partial charge in [-0.3, -0.25) is 9.59 Å². The van der Waals surface area contributed by atoms with E-state index in [4.69, 9.17) is 0 Å². The summed E-state index contributed by atoms with van der Waals surface area (Å²) in [5.41, 5.74) is 1.81. The first-order valence-corrected chi connectivity index (χ1v) is 13.0. The molecule has 0 bridgehead atoms. The van der Waals surface area contributed by atoms with Gasteiger partial charge < -0.3 is 4.90 Å². The fourth-order valence-corrected chi connectivity index (χ4v) is 4.55. The Morgan fingerprint density at radius 1 is 1.03 bits per heavy atom. The number of rotatable bonds is 9. The Labute approximate surface area is 215 Å². The summed E-state index contributed by atoms with van der Waals surface area (Å²) in [7, 11) is -4.23. The number of halogens is 1. The van der Waals surface area contributed by atoms with Crippen LogP contribution in [0.1, 0.15) is 30.5 Å². The van der Waals surface area contributed by atoms with Crippen molar-refractivity contribution >= 4 is 33.6 Å². The zero-order valence-corrected chi connectivity index (χ0v) is 21.2. The van der Waals surface area contributed by atoms with Crippen molar-refractivity contribution in [2.24, 2.45) is 5.92 Å². The Kier molecular flexibility index (Phi) is 8.93. The molecule has 2 amide bonds. The molecule has 3 aromatic carbocycles. The number of hydrogen-bond acceptors (Lipinski definition) is 5. The van der Waals surface area contributed by atoms with Gasteiger partial charge in [0.1, 0.15) is 11.7 Å². The molecule has 3 aromatic rings. The second-order valence-corrected chi connectivity index (χ2v) is 10.1. The van der Waals surface area contributed by atoms with E-state index < -0.39 is 39.6 Å². The molecule has 0 saturated heterocycles. The third-order valence-electron chi connectivity index (χ3n) is 5.45. The average molecular weight is 520 g/mol. The molecule has 1 unspecified atom stereocenters. The minimum Gasteiger partial charge on any atom is -0.309 e. The third kappa shape index (κ3) is 7.59. The first-order chi connectivity index (χ1) is 17.6. The molecule has 0 fully saturated rings. The van der Waals surface area contributed by atoms with Gasteiger partial charge in [0.15, 0.2) is 0 Å². The molecule has 0 heterocycles. The molecular weight excluding hydrogens is 493 g/mol. The van der Waals surface area contributed by atoms with Gasteiger partial charge >= 0.3 is 0 Å². The molecule has 1 N–H and O–H groups in total. The van der Waals surface area contributed by atoms with E-state index in [9.17, 15) is 27.7 Å². The van der Waals surface area contributed by atoms with Crippen molar-refractivity contribution in [2.45, 2.75) is 26.3 Å². The Balaban J connectivity index is 1.95. The van der Waals surface area contributed by atoms with Gasteiger partial charge in [0.25, 0.3) is 10.0 Å². The lowest BCUT2D eigenvalue weighted by atomic mass is 9.95. The van der Waals surface area contributed by atoms with Crippen LogP contribution in [0.4, 0.5) is 10.1 Å². The number of benzene rings is 3. The first kappa shape index (κ1) is 27.3. The van der Waals surface area contributed by atoms with Gasteiger partial charge in [-0.15, -0.1) is 0 Å². The Morgan fingerprint density at radius 2 is 1.70 bits per heavy atom. The number of hydrogen-bond donors (Lipinski definition) is 1. The van der Waals surface area contributed by atoms with Crippen LogP contribution in [0.2, 0.25) is 0 Å². The number of anilines is 1. The topological polar surface area (TPSA) is 107 Å². The predicted molar refractivity (Wildman–Crippen MR) is 140 cm³/mol. The van der Waals surface area contributed by atoms with E-state index in [1.807, 2.05) is 10.8 Å². The van der Waals surface area contributed by atoms with Crippen LogP contribution in [-0.2, 0) is 26.0 Å². The van der Waals surface area contributed by atoms with Crippen LogP contribution >= 0.6 is 0 Å². The van der Waals surface area contributed by atoms with Crippen molar-refractivity contribution in [1.82, 2.24) is 4.72 Å². The smallest absolute Gasteiger partial charge is 0.257 e. The van der Waals surface area contributed by atoms with Crippen molar-refractivity contribution in [1.29, 1.82) is 5.26 Å². The highest BCUT2D eigenvalue weighted by molar-refractivity contribution is 7.93. The number of nitrogens with one attached hydrogen (secondary N) is 1. The van der Waals surface area contributed by atoms with E-state index in [2.05, 4.69) is 0 Å². The summed E-state index contributed by atoms with van der Waals surface area (Å²) in [6.07, 6.45) is 1.18. The summed E-state index contributed by atoms with van der Waals surface area (Å²) in [5, 5.41) is 10.1. The maximum atomic E-state index is 13.7. The maximum Gasteiger partial charge on any atom is 0.257 e. The molecule has 3 rings (SSSR count). The summed E-state index contributed by atoms with van der Waals surface area (Å²) in [5.74, 6) is -3.61. The fourth-order valence-electron chi connectivity index (χ4n) is 3.72. The van der Waals surface area contributed by atoms with Gasteiger partial charge in [0.05, 0.1) is 17.0 Å². The van der Waals surface area contributed by atoms with Crippen molar-refractivity contribution in [3.63, 3.8) is 0 Å². The van der Waals surface area contributed by atoms with E-state index in [1.165, 1.54) is 41.3 Å². The molecule has 0 aliphatic carbocycles. The number of sulfonamides is 1. The lowest BCUT2D eigenvalue weighted by molar-refractivity contribution is -0.132. The fraction of sp³-hybridized carbons (Fsp3) is 0.179. The summed E-state index contributed by atoms with van der Waals surface area (Å²) in [6.45, 7) is 3.46. The summed E-state index contributed by atoms with van der Waals surface area (Å²) in [6, 6.07) is 21.9. The Hall–Kier alpha value is -4.29. The second-order valence-electron chi connectivity index (χ2n) is 8.57. The third-order valence-corrected chi connectivity index (χ3v) is 6.43. The normalized spacial score (nSPS) is 12.2. The van der Waals surface area contributed by atoms with Crippen molar-refractivity contribution in [3.05, 3.63) is 107 Å². The predicted octanol–water partition coefficient (Wildman–Crippen LogP) is 4.41. The molecular formula is C28H26FN3O4S. The average Bonchev–Trinajstić information content (AvgIpc) is 2.87. The molecule has 0 radical (unpaired) electrons. The minimum absolute atomic E-state index is 0.150. The zero-order chi connectivity index (χ0) is 27.0. The van der Waals surface area contributed by atoms with Gasteiger partial charge in [-0.25, -0.2) is 17.5 Å². The van der Waals surface area contributed by atoms with E-state index >= 15 is 0 Å². The zero-order valence-electron chi connectivity index (χ0n) is 20.3. The van der Waals surface area contributed by atoms with Gasteiger partial charge in [0, 0.05) is 11.7 Å². The van der Waals surface area contributed by atoms with Crippen LogP contribution in [0.5, 0.6) is 0 Å². The first-order valence-electron chi connectivity index (χ1n) is 11.5. The molecule has 37 heavy (non-hydrogen) atoms. The number of amides is 2. The maximum absolute atomic E-state index is 13.7. The van der Waals surface area contributed by atoms with Crippen molar-refractivity contribution in [3.8, 4) is 6.07 Å². The van der Waals surface area contributed by atoms with Crippen LogP contribution in [0.15, 0.2) is 84.3 Å². The highest BCUT2D eigenvalue weighted by atomic mass is 32.2. The largest absolute Gasteiger partial charge is 0.309 e. The van der Waals surface area contributed by atoms with Crippen LogP contribution < -0.4 is 9.62 Å². The summed E-state index contributed by atoms with van der Waals surface area (Å²) < 4.78 is 40.9. The molecule has 0 saturated carbocycles. The minimum atomic E-state index is -4.23. The van der Waals surface area contributed by atoms with Gasteiger partial charge in [-0.1, -0.05) is 42.5 Å². The number of nitriles is 1. The molecule has 190 valence electrons. The van der Waals surface area contributed by atoms with Crippen LogP contribution in [-0.4, -0.2) is 26.3 Å². The van der Waals surface area contributed by atoms with E-state index in [1.54, 1.807) is 62.4 Å². The number of nitrogens with zero attached hydrogens (tertiary/aromatic N) is 2. The SMILES string of the molecule is CC(C)N(C(=O)C(Cc1cccc(C#N)c1)C(=O)NS(=O)(=O)/C=C/c1ccccc1)c1ccc(F)cc1. The van der Waals surface area contributed by atoms with Crippen LogP contribution in [0, 0.1) is 23.1 Å². The Bertz CT molecular complexity index is 1430. The molecule has 0 spiro atoms. The van der Waals surface area contributed by atoms with Crippen molar-refractivity contribution < 1.29 is 22.4 Å². The van der Waals surface area contributed by atoms with E-state index in [-0.39, 0.29) is 6.42 Å². The highest BCUT2D eigenvalue weighted by Crippen LogP contribution is 2.23. The quantitative estimate of drug-likeness (QED) is 0.421. The summed E-state index contributed by atoms with van der Waals surface area (Å²) >= 11 is 0. The van der Waals surface area contributed by atoms with Gasteiger partial charge in [-0.2, -0.15) is 5.26 Å². The van der Waals surface area contributed by atoms with Gasteiger partial charge in [-0.05, 0) is 73.9 Å². The lowest BCUT2D eigenvalue weighted by Gasteiger charge is -2.30. The molecule has 0 aliphatic rings. The van der Waals surface area contributed by atoms with E-state index in [0.717, 1.165) is 5.41 Å². The highest BCUT2D eigenvalue weighted by Gasteiger charge is 2.34. The van der Waals surface area contributed by atoms with Gasteiger partial charge in [0.2, 0.25) is 11.8 Å². The molecule has 9 heteroatoms. The Morgan fingerprint density at radius 3 is 2.32 bits per heavy atom. The molecule has 0 aromatic heterocycles. The van der Waals surface area contributed by atoms with Crippen molar-refractivity contribution in [2.75, 3.05) is 4.90 Å². The second kappa shape index (κ2) is 12.1.